The lowest BCUT2D eigenvalue weighted by molar-refractivity contribution is 0.583. The Bertz CT molecular complexity index is 1330. The van der Waals surface area contributed by atoms with Crippen molar-refractivity contribution in [3.05, 3.63) is 71.3 Å². The lowest BCUT2D eigenvalue weighted by atomic mass is 9.98. The van der Waals surface area contributed by atoms with Gasteiger partial charge in [0.15, 0.2) is 0 Å². The maximum atomic E-state index is 13.2. The fraction of sp³-hybridized carbons (Fsp3) is 0.320. The van der Waals surface area contributed by atoms with Gasteiger partial charge in [0.25, 0.3) is 0 Å². The van der Waals surface area contributed by atoms with Crippen LogP contribution in [0, 0.1) is 5.41 Å². The molecule has 33 heavy (non-hydrogen) atoms. The van der Waals surface area contributed by atoms with E-state index in [-0.39, 0.29) is 17.6 Å². The van der Waals surface area contributed by atoms with Gasteiger partial charge in [-0.15, -0.1) is 0 Å². The monoisotopic (exact) mass is 463 g/mol. The Labute approximate surface area is 194 Å². The molecule has 2 heterocycles. The molecule has 0 spiro atoms. The number of nitrogens with zero attached hydrogens (tertiary/aromatic N) is 2. The third kappa shape index (κ3) is 3.94. The van der Waals surface area contributed by atoms with Crippen LogP contribution in [0.1, 0.15) is 29.7 Å². The summed E-state index contributed by atoms with van der Waals surface area (Å²) in [5.74, 6) is 0.0658. The molecule has 1 fully saturated rings. The minimum Gasteiger partial charge on any atom is -0.384 e. The Hall–Kier alpha value is -3.10. The van der Waals surface area contributed by atoms with E-state index in [1.165, 1.54) is 0 Å². The average Bonchev–Trinajstić information content (AvgIpc) is 3.23. The number of anilines is 2. The fourth-order valence-electron chi connectivity index (χ4n) is 4.91. The van der Waals surface area contributed by atoms with Crippen molar-refractivity contribution in [1.82, 2.24) is 5.32 Å². The molecule has 8 heteroatoms. The molecule has 1 saturated heterocycles. The van der Waals surface area contributed by atoms with E-state index < -0.39 is 10.0 Å². The molecule has 0 saturated carbocycles. The van der Waals surface area contributed by atoms with Crippen LogP contribution in [0.25, 0.3) is 10.8 Å². The van der Waals surface area contributed by atoms with Gasteiger partial charge in [-0.2, -0.15) is 0 Å². The number of fused-ring (bicyclic) bond motifs is 2. The van der Waals surface area contributed by atoms with Gasteiger partial charge in [-0.05, 0) is 59.2 Å². The number of piperazine rings is 1. The van der Waals surface area contributed by atoms with Crippen molar-refractivity contribution >= 4 is 38.0 Å². The summed E-state index contributed by atoms with van der Waals surface area (Å²) >= 11 is 0. The van der Waals surface area contributed by atoms with E-state index in [4.69, 9.17) is 11.1 Å². The summed E-state index contributed by atoms with van der Waals surface area (Å²) in [5.41, 5.74) is 10.3. The van der Waals surface area contributed by atoms with E-state index >= 15 is 0 Å². The number of hydrogen-bond donors (Lipinski definition) is 3. The maximum absolute atomic E-state index is 13.2. The zero-order chi connectivity index (χ0) is 23.2. The van der Waals surface area contributed by atoms with Crippen molar-refractivity contribution in [3.63, 3.8) is 0 Å². The fourth-order valence-corrected chi connectivity index (χ4v) is 6.25. The second kappa shape index (κ2) is 8.35. The number of nitrogen functional groups attached to an aromatic ring is 1. The molecular weight excluding hydrogens is 434 g/mol. The second-order valence-corrected chi connectivity index (χ2v) is 10.8. The van der Waals surface area contributed by atoms with Gasteiger partial charge in [0, 0.05) is 43.9 Å². The first-order valence-electron chi connectivity index (χ1n) is 11.4. The van der Waals surface area contributed by atoms with Crippen LogP contribution < -0.4 is 20.3 Å². The van der Waals surface area contributed by atoms with Crippen LogP contribution in [-0.2, 0) is 16.4 Å². The third-order valence-corrected chi connectivity index (χ3v) is 8.48. The number of nitrogens with one attached hydrogen (secondary N) is 2. The topological polar surface area (TPSA) is 103 Å². The van der Waals surface area contributed by atoms with E-state index in [0.29, 0.717) is 12.0 Å². The lowest BCUT2D eigenvalue weighted by Crippen LogP contribution is -2.43. The molecule has 3 aromatic carbocycles. The molecule has 0 bridgehead atoms. The minimum absolute atomic E-state index is 0.0196. The molecule has 0 radical (unpaired) electrons. The van der Waals surface area contributed by atoms with Crippen LogP contribution in [0.2, 0.25) is 0 Å². The molecule has 0 aliphatic carbocycles. The Balaban J connectivity index is 1.57. The van der Waals surface area contributed by atoms with Crippen molar-refractivity contribution < 1.29 is 8.42 Å². The van der Waals surface area contributed by atoms with Crippen LogP contribution in [-0.4, -0.2) is 46.2 Å². The van der Waals surface area contributed by atoms with Crippen molar-refractivity contribution in [3.8, 4) is 0 Å². The van der Waals surface area contributed by atoms with Gasteiger partial charge in [0.1, 0.15) is 5.84 Å². The predicted molar refractivity (Wildman–Crippen MR) is 135 cm³/mol. The zero-order valence-corrected chi connectivity index (χ0v) is 19.5. The van der Waals surface area contributed by atoms with Gasteiger partial charge in [-0.25, -0.2) is 8.42 Å². The Kier molecular flexibility index (Phi) is 5.50. The number of rotatable bonds is 5. The summed E-state index contributed by atoms with van der Waals surface area (Å²) in [7, 11) is -3.47. The van der Waals surface area contributed by atoms with E-state index in [2.05, 4.69) is 16.3 Å². The molecule has 172 valence electrons. The first kappa shape index (κ1) is 21.7. The van der Waals surface area contributed by atoms with Gasteiger partial charge in [-0.1, -0.05) is 24.3 Å². The van der Waals surface area contributed by atoms with Crippen molar-refractivity contribution in [2.45, 2.75) is 19.4 Å². The molecule has 7 nitrogen and oxygen atoms in total. The molecule has 4 N–H and O–H groups in total. The summed E-state index contributed by atoms with van der Waals surface area (Å²) < 4.78 is 28.0. The van der Waals surface area contributed by atoms with E-state index in [1.807, 2.05) is 48.5 Å². The Morgan fingerprint density at radius 1 is 1.06 bits per heavy atom. The first-order chi connectivity index (χ1) is 15.9. The van der Waals surface area contributed by atoms with Gasteiger partial charge >= 0.3 is 0 Å². The number of amidine groups is 1. The van der Waals surface area contributed by atoms with Gasteiger partial charge in [0.2, 0.25) is 10.0 Å². The van der Waals surface area contributed by atoms with Crippen molar-refractivity contribution in [2.75, 3.05) is 41.1 Å². The quantitative estimate of drug-likeness (QED) is 0.399. The van der Waals surface area contributed by atoms with E-state index in [9.17, 15) is 8.42 Å². The first-order valence-corrected chi connectivity index (χ1v) is 13.0. The number of hydrogen-bond acceptors (Lipinski definition) is 5. The normalized spacial score (nSPS) is 18.5. The molecule has 5 rings (SSSR count). The molecule has 1 unspecified atom stereocenters. The summed E-state index contributed by atoms with van der Waals surface area (Å²) in [6.07, 6.45) is 0.631. The largest absolute Gasteiger partial charge is 0.384 e. The van der Waals surface area contributed by atoms with Crippen LogP contribution in [0.5, 0.6) is 0 Å². The highest BCUT2D eigenvalue weighted by atomic mass is 32.2. The molecular formula is C25H29N5O2S. The highest BCUT2D eigenvalue weighted by Gasteiger charge is 2.38. The SMILES string of the molecule is CCS(=O)(=O)N1c2ccc(N3CCNCC3)cc2CC1c1ccc2ccc(C(=N)N)cc2c1. The number of benzene rings is 3. The Morgan fingerprint density at radius 3 is 2.55 bits per heavy atom. The van der Waals surface area contributed by atoms with Crippen LogP contribution in [0.4, 0.5) is 11.4 Å². The highest BCUT2D eigenvalue weighted by molar-refractivity contribution is 7.92. The molecule has 3 aromatic rings. The predicted octanol–water partition coefficient (Wildman–Crippen LogP) is 2.99. The third-order valence-electron chi connectivity index (χ3n) is 6.70. The zero-order valence-electron chi connectivity index (χ0n) is 18.7. The average molecular weight is 464 g/mol. The number of sulfonamides is 1. The smallest absolute Gasteiger partial charge is 0.235 e. The van der Waals surface area contributed by atoms with E-state index in [1.54, 1.807) is 11.2 Å². The van der Waals surface area contributed by atoms with Crippen LogP contribution in [0.15, 0.2) is 54.6 Å². The van der Waals surface area contributed by atoms with E-state index in [0.717, 1.165) is 59.5 Å². The van der Waals surface area contributed by atoms with Crippen molar-refractivity contribution in [2.24, 2.45) is 5.73 Å². The molecule has 2 aliphatic heterocycles. The Morgan fingerprint density at radius 2 is 1.82 bits per heavy atom. The van der Waals surface area contributed by atoms with Gasteiger partial charge in [-0.3, -0.25) is 9.71 Å². The van der Waals surface area contributed by atoms with Gasteiger partial charge < -0.3 is 16.0 Å². The van der Waals surface area contributed by atoms with Gasteiger partial charge in [0.05, 0.1) is 17.5 Å². The highest BCUT2D eigenvalue weighted by Crippen LogP contribution is 2.44. The van der Waals surface area contributed by atoms with Crippen LogP contribution in [0.3, 0.4) is 0 Å². The summed E-state index contributed by atoms with van der Waals surface area (Å²) in [6.45, 7) is 5.49. The standard InChI is InChI=1S/C25H29N5O2S/c1-2-33(31,32)30-23-8-7-22(29-11-9-28-10-12-29)15-21(23)16-24(30)18-5-3-17-4-6-19(25(26)27)14-20(17)13-18/h3-8,13-15,24,28H,2,9-12,16H2,1H3,(H3,26,27). The van der Waals surface area contributed by atoms with Crippen molar-refractivity contribution in [1.29, 1.82) is 5.41 Å². The molecule has 0 aromatic heterocycles. The number of nitrogens with two attached hydrogens (primary N) is 1. The van der Waals surface area contributed by atoms with Crippen LogP contribution >= 0.6 is 0 Å². The molecule has 0 amide bonds. The molecule has 2 aliphatic rings. The maximum Gasteiger partial charge on any atom is 0.235 e. The second-order valence-electron chi connectivity index (χ2n) is 8.70. The summed E-state index contributed by atoms with van der Waals surface area (Å²) in [6, 6.07) is 17.6. The summed E-state index contributed by atoms with van der Waals surface area (Å²) in [4.78, 5) is 2.35. The minimum atomic E-state index is -3.47. The summed E-state index contributed by atoms with van der Waals surface area (Å²) in [5, 5.41) is 13.1. The molecule has 1 atom stereocenters. The lowest BCUT2D eigenvalue weighted by Gasteiger charge is -2.30.